The molecule has 0 aliphatic rings. The summed E-state index contributed by atoms with van der Waals surface area (Å²) in [6.45, 7) is 0.108. The number of aromatic carboxylic acids is 1. The van der Waals surface area contributed by atoms with Crippen LogP contribution in [0.15, 0.2) is 121 Å². The quantitative estimate of drug-likeness (QED) is 0.133. The van der Waals surface area contributed by atoms with Crippen LogP contribution in [0, 0.1) is 0 Å². The molecule has 0 atom stereocenters. The Morgan fingerprint density at radius 3 is 1.60 bits per heavy atom. The van der Waals surface area contributed by atoms with Crippen molar-refractivity contribution in [2.24, 2.45) is 0 Å². The zero-order valence-corrected chi connectivity index (χ0v) is 23.0. The Kier molecular flexibility index (Phi) is 9.19. The van der Waals surface area contributed by atoms with E-state index < -0.39 is 17.7 Å². The first kappa shape index (κ1) is 28.8. The molecule has 5 aromatic rings. The molecule has 0 unspecified atom stereocenters. The first-order valence-corrected chi connectivity index (χ1v) is 13.4. The number of carboxylic acid groups (broad SMARTS) is 1. The molecule has 1 aromatic heterocycles. The summed E-state index contributed by atoms with van der Waals surface area (Å²) in [5.41, 5.74) is 1.99. The molecule has 8 nitrogen and oxygen atoms in total. The molecule has 1 N–H and O–H groups in total. The smallest absolute Gasteiger partial charge is 0.358 e. The van der Waals surface area contributed by atoms with Crippen molar-refractivity contribution >= 4 is 17.7 Å². The summed E-state index contributed by atoms with van der Waals surface area (Å²) in [5, 5.41) is 9.85. The van der Waals surface area contributed by atoms with Crippen LogP contribution in [-0.4, -0.2) is 27.8 Å². The average Bonchev–Trinajstić information content (AvgIpc) is 3.06. The topological polar surface area (TPSA) is 112 Å². The Labute approximate surface area is 248 Å². The summed E-state index contributed by atoms with van der Waals surface area (Å²) in [6.07, 6.45) is 1.39. The number of carbonyl (C=O) groups is 3. The summed E-state index contributed by atoms with van der Waals surface area (Å²) in [5.74, 6) is -2.66. The van der Waals surface area contributed by atoms with Crippen LogP contribution in [-0.2, 0) is 24.6 Å². The maximum Gasteiger partial charge on any atom is 0.358 e. The van der Waals surface area contributed by atoms with Crippen molar-refractivity contribution in [3.05, 3.63) is 161 Å². The molecular weight excluding hydrogens is 546 g/mol. The monoisotopic (exact) mass is 573 g/mol. The molecule has 1 heterocycles. The first-order chi connectivity index (χ1) is 21.0. The number of carbonyl (C=O) groups excluding carboxylic acids is 2. The molecule has 5 rings (SSSR count). The Bertz CT molecular complexity index is 1660. The summed E-state index contributed by atoms with van der Waals surface area (Å²) in [4.78, 5) is 43.6. The Morgan fingerprint density at radius 2 is 1.12 bits per heavy atom. The van der Waals surface area contributed by atoms with E-state index in [-0.39, 0.29) is 53.7 Å². The Hall–Kier alpha value is -5.76. The molecule has 8 heteroatoms. The summed E-state index contributed by atoms with van der Waals surface area (Å²) in [7, 11) is 0. The number of ketones is 1. The van der Waals surface area contributed by atoms with E-state index in [0.29, 0.717) is 0 Å². The minimum atomic E-state index is -1.22. The minimum Gasteiger partial charge on any atom is -0.488 e. The molecule has 0 radical (unpaired) electrons. The third kappa shape index (κ3) is 7.31. The van der Waals surface area contributed by atoms with E-state index in [0.717, 1.165) is 16.7 Å². The number of aromatic nitrogens is 1. The molecule has 0 fully saturated rings. The maximum atomic E-state index is 14.2. The minimum absolute atomic E-state index is 0.00589. The molecule has 0 aliphatic heterocycles. The van der Waals surface area contributed by atoms with Crippen molar-refractivity contribution in [3.63, 3.8) is 0 Å². The van der Waals surface area contributed by atoms with Gasteiger partial charge in [-0.05, 0) is 41.0 Å². The number of hydrogen-bond acceptors (Lipinski definition) is 7. The lowest BCUT2D eigenvalue weighted by atomic mass is 9.98. The standard InChI is InChI=1S/C35H27NO7/c37-33(28-17-10-18-36-32(28)35(40)43-23-26-15-8-3-9-16-26)31-29(41-21-24-11-4-1-5-12-24)19-27(34(38)39)20-30(31)42-22-25-13-6-2-7-14-25/h1-20H,21-23H2,(H,38,39). The van der Waals surface area contributed by atoms with Crippen LogP contribution in [0.1, 0.15) is 53.5 Å². The van der Waals surface area contributed by atoms with Gasteiger partial charge in [-0.1, -0.05) is 91.0 Å². The molecule has 43 heavy (non-hydrogen) atoms. The zero-order valence-electron chi connectivity index (χ0n) is 23.0. The SMILES string of the molecule is O=C(O)c1cc(OCc2ccccc2)c(C(=O)c2cccnc2C(=O)OCc2ccccc2)c(OCc2ccccc2)c1. The van der Waals surface area contributed by atoms with E-state index in [4.69, 9.17) is 14.2 Å². The summed E-state index contributed by atoms with van der Waals surface area (Å²) < 4.78 is 17.6. The number of rotatable bonds is 12. The van der Waals surface area contributed by atoms with Gasteiger partial charge in [-0.15, -0.1) is 0 Å². The first-order valence-electron chi connectivity index (χ1n) is 13.4. The van der Waals surface area contributed by atoms with Crippen LogP contribution in [0.25, 0.3) is 0 Å². The van der Waals surface area contributed by atoms with Crippen molar-refractivity contribution in [1.82, 2.24) is 4.98 Å². The molecule has 0 saturated heterocycles. The van der Waals surface area contributed by atoms with Crippen LogP contribution in [0.3, 0.4) is 0 Å². The number of carboxylic acids is 1. The van der Waals surface area contributed by atoms with Gasteiger partial charge in [0.2, 0.25) is 5.78 Å². The summed E-state index contributed by atoms with van der Waals surface area (Å²) >= 11 is 0. The van der Waals surface area contributed by atoms with Gasteiger partial charge < -0.3 is 19.3 Å². The van der Waals surface area contributed by atoms with E-state index in [9.17, 15) is 19.5 Å². The lowest BCUT2D eigenvalue weighted by Gasteiger charge is -2.18. The fourth-order valence-corrected chi connectivity index (χ4v) is 4.31. The van der Waals surface area contributed by atoms with Gasteiger partial charge in [0.15, 0.2) is 5.69 Å². The van der Waals surface area contributed by atoms with Crippen molar-refractivity contribution in [3.8, 4) is 11.5 Å². The second kappa shape index (κ2) is 13.7. The predicted molar refractivity (Wildman–Crippen MR) is 158 cm³/mol. The molecular formula is C35H27NO7. The second-order valence-electron chi connectivity index (χ2n) is 9.49. The highest BCUT2D eigenvalue weighted by molar-refractivity contribution is 6.17. The van der Waals surface area contributed by atoms with E-state index in [2.05, 4.69) is 4.98 Å². The molecule has 0 bridgehead atoms. The highest BCUT2D eigenvalue weighted by Crippen LogP contribution is 2.35. The fraction of sp³-hybridized carbons (Fsp3) is 0.0857. The third-order valence-electron chi connectivity index (χ3n) is 6.47. The van der Waals surface area contributed by atoms with E-state index in [1.807, 2.05) is 91.0 Å². The Balaban J connectivity index is 1.54. The van der Waals surface area contributed by atoms with Crippen LogP contribution in [0.4, 0.5) is 0 Å². The van der Waals surface area contributed by atoms with Crippen molar-refractivity contribution < 1.29 is 33.7 Å². The van der Waals surface area contributed by atoms with Gasteiger partial charge in [0.1, 0.15) is 36.9 Å². The lowest BCUT2D eigenvalue weighted by molar-refractivity contribution is 0.0462. The highest BCUT2D eigenvalue weighted by Gasteiger charge is 2.28. The van der Waals surface area contributed by atoms with Gasteiger partial charge in [0, 0.05) is 6.20 Å². The molecule has 0 aliphatic carbocycles. The van der Waals surface area contributed by atoms with E-state index in [1.54, 1.807) is 0 Å². The van der Waals surface area contributed by atoms with Gasteiger partial charge in [-0.2, -0.15) is 0 Å². The van der Waals surface area contributed by atoms with Crippen LogP contribution < -0.4 is 9.47 Å². The average molecular weight is 574 g/mol. The van der Waals surface area contributed by atoms with Crippen LogP contribution in [0.2, 0.25) is 0 Å². The second-order valence-corrected chi connectivity index (χ2v) is 9.49. The third-order valence-corrected chi connectivity index (χ3v) is 6.47. The van der Waals surface area contributed by atoms with Gasteiger partial charge in [-0.25, -0.2) is 14.6 Å². The van der Waals surface area contributed by atoms with Gasteiger partial charge in [0.25, 0.3) is 0 Å². The molecule has 0 amide bonds. The molecule has 0 spiro atoms. The largest absolute Gasteiger partial charge is 0.488 e. The van der Waals surface area contributed by atoms with Crippen molar-refractivity contribution in [2.75, 3.05) is 0 Å². The molecule has 214 valence electrons. The Morgan fingerprint density at radius 1 is 0.628 bits per heavy atom. The van der Waals surface area contributed by atoms with Crippen molar-refractivity contribution in [1.29, 1.82) is 0 Å². The zero-order chi connectivity index (χ0) is 30.0. The lowest BCUT2D eigenvalue weighted by Crippen LogP contribution is -2.17. The van der Waals surface area contributed by atoms with Crippen LogP contribution in [0.5, 0.6) is 11.5 Å². The molecule has 4 aromatic carbocycles. The fourth-order valence-electron chi connectivity index (χ4n) is 4.31. The van der Waals surface area contributed by atoms with Crippen LogP contribution >= 0.6 is 0 Å². The van der Waals surface area contributed by atoms with Gasteiger partial charge >= 0.3 is 11.9 Å². The predicted octanol–water partition coefficient (Wildman–Crippen LogP) is 6.53. The maximum absolute atomic E-state index is 14.2. The normalized spacial score (nSPS) is 10.5. The van der Waals surface area contributed by atoms with Crippen molar-refractivity contribution in [2.45, 2.75) is 19.8 Å². The molecule has 0 saturated carbocycles. The van der Waals surface area contributed by atoms with E-state index in [1.165, 1.54) is 30.5 Å². The number of benzene rings is 4. The summed E-state index contributed by atoms with van der Waals surface area (Å²) in [6, 6.07) is 33.1. The van der Waals surface area contributed by atoms with Gasteiger partial charge in [-0.3, -0.25) is 4.79 Å². The number of esters is 1. The highest BCUT2D eigenvalue weighted by atomic mass is 16.5. The number of pyridine rings is 1. The van der Waals surface area contributed by atoms with Gasteiger partial charge in [0.05, 0.1) is 11.1 Å². The van der Waals surface area contributed by atoms with E-state index >= 15 is 0 Å². The number of nitrogens with zero attached hydrogens (tertiary/aromatic N) is 1. The number of hydrogen-bond donors (Lipinski definition) is 1. The number of ether oxygens (including phenoxy) is 3.